The summed E-state index contributed by atoms with van der Waals surface area (Å²) in [5, 5.41) is 3.53. The Hall–Kier alpha value is -2.57. The molecule has 0 aliphatic rings. The molecule has 0 saturated carbocycles. The van der Waals surface area contributed by atoms with Crippen LogP contribution in [0, 0.1) is 0 Å². The second-order valence-corrected chi connectivity index (χ2v) is 4.91. The van der Waals surface area contributed by atoms with Crippen LogP contribution in [-0.4, -0.2) is 18.1 Å². The normalized spacial score (nSPS) is 9.73. The summed E-state index contributed by atoms with van der Waals surface area (Å²) in [5.74, 6) is -0.601. The Bertz CT molecular complexity index is 730. The van der Waals surface area contributed by atoms with Crippen molar-refractivity contribution in [3.8, 4) is 5.75 Å². The largest absolute Gasteiger partial charge is 0.486 e. The van der Waals surface area contributed by atoms with Crippen molar-refractivity contribution in [3.63, 3.8) is 0 Å². The summed E-state index contributed by atoms with van der Waals surface area (Å²) in [6, 6.07) is 10.8. The molecule has 0 saturated heterocycles. The molecule has 22 heavy (non-hydrogen) atoms. The van der Waals surface area contributed by atoms with Crippen LogP contribution in [-0.2, 0) is 11.3 Å². The van der Waals surface area contributed by atoms with Gasteiger partial charge in [-0.3, -0.25) is 0 Å². The van der Waals surface area contributed by atoms with Gasteiger partial charge in [0.25, 0.3) is 0 Å². The van der Waals surface area contributed by atoms with Gasteiger partial charge in [-0.2, -0.15) is 0 Å². The maximum absolute atomic E-state index is 11.8. The van der Waals surface area contributed by atoms with Gasteiger partial charge in [0, 0.05) is 4.91 Å². The number of aromatic nitrogens is 1. The van der Waals surface area contributed by atoms with Crippen LogP contribution in [0.2, 0.25) is 0 Å². The van der Waals surface area contributed by atoms with Gasteiger partial charge < -0.3 is 9.47 Å². The van der Waals surface area contributed by atoms with Crippen LogP contribution in [0.3, 0.4) is 0 Å². The second kappa shape index (κ2) is 7.44. The number of benzene rings is 1. The van der Waals surface area contributed by atoms with E-state index in [1.807, 2.05) is 30.3 Å². The minimum absolute atomic E-state index is 0.0600. The number of hydrogen-bond donors (Lipinski definition) is 0. The Morgan fingerprint density at radius 1 is 1.41 bits per heavy atom. The molecule has 1 aromatic heterocycles. The van der Waals surface area contributed by atoms with E-state index in [-0.39, 0.29) is 23.7 Å². The number of carbonyl (C=O) groups excluding carboxylic acids is 1. The molecule has 0 aliphatic carbocycles. The van der Waals surface area contributed by atoms with Gasteiger partial charge >= 0.3 is 5.97 Å². The molecule has 0 radical (unpaired) electrons. The lowest BCUT2D eigenvalue weighted by Gasteiger charge is -2.12. The number of hydrogen-bond acceptors (Lipinski definition) is 5. The van der Waals surface area contributed by atoms with E-state index in [0.717, 1.165) is 5.56 Å². The summed E-state index contributed by atoms with van der Waals surface area (Å²) in [5.41, 5.74) is 9.65. The lowest BCUT2D eigenvalue weighted by molar-refractivity contribution is 0.0588. The number of esters is 1. The highest BCUT2D eigenvalue weighted by Gasteiger charge is 2.20. The fourth-order valence-electron chi connectivity index (χ4n) is 1.72. The van der Waals surface area contributed by atoms with Crippen LogP contribution in [0.1, 0.15) is 16.1 Å². The van der Waals surface area contributed by atoms with E-state index in [1.54, 1.807) is 0 Å². The zero-order valence-electron chi connectivity index (χ0n) is 11.6. The Morgan fingerprint density at radius 2 is 2.14 bits per heavy atom. The van der Waals surface area contributed by atoms with Crippen molar-refractivity contribution < 1.29 is 14.3 Å². The van der Waals surface area contributed by atoms with Crippen molar-refractivity contribution >= 4 is 27.6 Å². The molecule has 112 valence electrons. The van der Waals surface area contributed by atoms with Crippen LogP contribution in [0.15, 0.2) is 46.1 Å². The van der Waals surface area contributed by atoms with Gasteiger partial charge in [0.15, 0.2) is 11.4 Å². The molecule has 2 rings (SSSR count). The highest BCUT2D eigenvalue weighted by Crippen LogP contribution is 2.34. The molecule has 7 nitrogen and oxygen atoms in total. The molecule has 0 atom stereocenters. The van der Waals surface area contributed by atoms with Gasteiger partial charge in [-0.25, -0.2) is 9.78 Å². The highest BCUT2D eigenvalue weighted by atomic mass is 79.9. The van der Waals surface area contributed by atoms with Gasteiger partial charge in [0.05, 0.1) is 12.8 Å². The second-order valence-electron chi connectivity index (χ2n) is 4.10. The maximum Gasteiger partial charge on any atom is 0.360 e. The fourth-order valence-corrected chi connectivity index (χ4v) is 2.11. The molecule has 0 fully saturated rings. The lowest BCUT2D eigenvalue weighted by atomic mass is 10.2. The van der Waals surface area contributed by atoms with E-state index in [1.165, 1.54) is 13.2 Å². The van der Waals surface area contributed by atoms with Crippen LogP contribution >= 0.6 is 15.9 Å². The topological polar surface area (TPSA) is 97.2 Å². The third-order valence-corrected chi connectivity index (χ3v) is 3.09. The van der Waals surface area contributed by atoms with Crippen molar-refractivity contribution in [1.82, 2.24) is 4.98 Å². The molecule has 0 amide bonds. The maximum atomic E-state index is 11.8. The minimum Gasteiger partial charge on any atom is -0.486 e. The molecule has 0 aliphatic heterocycles. The zero-order valence-corrected chi connectivity index (χ0v) is 13.1. The molecular weight excluding hydrogens is 352 g/mol. The van der Waals surface area contributed by atoms with Gasteiger partial charge in [-0.15, -0.1) is 0 Å². The molecule has 8 heteroatoms. The molecule has 1 aromatic carbocycles. The van der Waals surface area contributed by atoms with Gasteiger partial charge in [0.1, 0.15) is 11.2 Å². The summed E-state index contributed by atoms with van der Waals surface area (Å²) < 4.78 is 10.7. The van der Waals surface area contributed by atoms with Gasteiger partial charge in [0.2, 0.25) is 0 Å². The van der Waals surface area contributed by atoms with Crippen molar-refractivity contribution in [2.24, 2.45) is 5.11 Å². The first-order valence-corrected chi connectivity index (χ1v) is 6.95. The summed E-state index contributed by atoms with van der Waals surface area (Å²) in [7, 11) is 1.24. The van der Waals surface area contributed by atoms with Crippen molar-refractivity contribution in [3.05, 3.63) is 62.7 Å². The molecule has 0 N–H and O–H groups in total. The first-order chi connectivity index (χ1) is 10.7. The predicted octanol–water partition coefficient (Wildman–Crippen LogP) is 4.15. The van der Waals surface area contributed by atoms with Crippen LogP contribution < -0.4 is 4.74 Å². The predicted molar refractivity (Wildman–Crippen MR) is 82.9 cm³/mol. The van der Waals surface area contributed by atoms with Crippen molar-refractivity contribution in [1.29, 1.82) is 0 Å². The summed E-state index contributed by atoms with van der Waals surface area (Å²) in [4.78, 5) is 18.6. The molecule has 2 aromatic rings. The lowest BCUT2D eigenvalue weighted by Crippen LogP contribution is -2.09. The SMILES string of the molecule is COC(=O)c1nc(Br)cc(N=[N+]=[N-])c1OCc1ccccc1. The number of pyridine rings is 1. The first kappa shape index (κ1) is 15.8. The van der Waals surface area contributed by atoms with Crippen molar-refractivity contribution in [2.45, 2.75) is 6.61 Å². The third-order valence-electron chi connectivity index (χ3n) is 2.68. The summed E-state index contributed by atoms with van der Waals surface area (Å²) >= 11 is 3.15. The quantitative estimate of drug-likeness (QED) is 0.262. The first-order valence-electron chi connectivity index (χ1n) is 6.16. The minimum atomic E-state index is -0.682. The fraction of sp³-hybridized carbons (Fsp3) is 0.143. The van der Waals surface area contributed by atoms with Crippen LogP contribution in [0.5, 0.6) is 5.75 Å². The Balaban J connectivity index is 2.41. The standard InChI is InChI=1S/C14H11BrN4O3/c1-21-14(20)12-13(10(18-19-16)7-11(15)17-12)22-8-9-5-3-2-4-6-9/h2-7H,8H2,1H3. The molecule has 0 unspecified atom stereocenters. The molecule has 0 bridgehead atoms. The Morgan fingerprint density at radius 3 is 2.77 bits per heavy atom. The number of azide groups is 1. The number of halogens is 1. The van der Waals surface area contributed by atoms with E-state index < -0.39 is 5.97 Å². The van der Waals surface area contributed by atoms with Crippen molar-refractivity contribution in [2.75, 3.05) is 7.11 Å². The van der Waals surface area contributed by atoms with E-state index >= 15 is 0 Å². The average molecular weight is 363 g/mol. The number of carbonyl (C=O) groups is 1. The number of methoxy groups -OCH3 is 1. The number of ether oxygens (including phenoxy) is 2. The Kier molecular flexibility index (Phi) is 5.35. The Labute approximate surface area is 134 Å². The van der Waals surface area contributed by atoms with Crippen LogP contribution in [0.25, 0.3) is 10.4 Å². The molecule has 1 heterocycles. The third kappa shape index (κ3) is 3.75. The molecular formula is C14H11BrN4O3. The van der Waals surface area contributed by atoms with Crippen LogP contribution in [0.4, 0.5) is 5.69 Å². The summed E-state index contributed by atoms with van der Waals surface area (Å²) in [6.45, 7) is 0.197. The van der Waals surface area contributed by atoms with Gasteiger partial charge in [-0.1, -0.05) is 35.4 Å². The number of nitrogens with zero attached hydrogens (tertiary/aromatic N) is 4. The van der Waals surface area contributed by atoms with E-state index in [2.05, 4.69) is 35.7 Å². The van der Waals surface area contributed by atoms with E-state index in [0.29, 0.717) is 4.60 Å². The van der Waals surface area contributed by atoms with E-state index in [9.17, 15) is 4.79 Å². The smallest absolute Gasteiger partial charge is 0.360 e. The molecule has 0 spiro atoms. The monoisotopic (exact) mass is 362 g/mol. The van der Waals surface area contributed by atoms with E-state index in [4.69, 9.17) is 10.3 Å². The summed E-state index contributed by atoms with van der Waals surface area (Å²) in [6.07, 6.45) is 0. The zero-order chi connectivity index (χ0) is 15.9. The average Bonchev–Trinajstić information content (AvgIpc) is 2.54. The van der Waals surface area contributed by atoms with Gasteiger partial charge in [-0.05, 0) is 33.1 Å². The highest BCUT2D eigenvalue weighted by molar-refractivity contribution is 9.10. The number of rotatable bonds is 5.